The highest BCUT2D eigenvalue weighted by atomic mass is 16.4. The molecule has 0 aliphatic heterocycles. The summed E-state index contributed by atoms with van der Waals surface area (Å²) in [5.74, 6) is -0.637. The Bertz CT molecular complexity index is 211. The predicted molar refractivity (Wildman–Crippen MR) is 47.2 cm³/mol. The minimum atomic E-state index is -0.984. The van der Waals surface area contributed by atoms with Gasteiger partial charge in [-0.2, -0.15) is 0 Å². The third-order valence-electron chi connectivity index (χ3n) is 2.45. The zero-order chi connectivity index (χ0) is 9.84. The van der Waals surface area contributed by atoms with Crippen LogP contribution in [0.4, 0.5) is 0 Å². The molecule has 0 heterocycles. The van der Waals surface area contributed by atoms with Crippen LogP contribution in [-0.2, 0) is 9.59 Å². The minimum absolute atomic E-state index is 0.139. The summed E-state index contributed by atoms with van der Waals surface area (Å²) in [6.45, 7) is 1.47. The van der Waals surface area contributed by atoms with Gasteiger partial charge in [0.2, 0.25) is 5.91 Å². The van der Waals surface area contributed by atoms with Crippen molar-refractivity contribution in [2.75, 3.05) is 0 Å². The van der Waals surface area contributed by atoms with Crippen LogP contribution < -0.4 is 5.32 Å². The molecule has 4 nitrogen and oxygen atoms in total. The number of carbonyl (C=O) groups is 2. The van der Waals surface area contributed by atoms with Gasteiger partial charge in [-0.3, -0.25) is 9.59 Å². The Labute approximate surface area is 77.3 Å². The first-order chi connectivity index (χ1) is 6.09. The van der Waals surface area contributed by atoms with Gasteiger partial charge in [0.15, 0.2) is 0 Å². The Morgan fingerprint density at radius 1 is 1.54 bits per heavy atom. The summed E-state index contributed by atoms with van der Waals surface area (Å²) in [7, 11) is 0. The third kappa shape index (κ3) is 3.05. The summed E-state index contributed by atoms with van der Waals surface area (Å²) in [4.78, 5) is 21.6. The van der Waals surface area contributed by atoms with Crippen LogP contribution in [0.3, 0.4) is 0 Å². The van der Waals surface area contributed by atoms with Gasteiger partial charge in [-0.05, 0) is 25.7 Å². The van der Waals surface area contributed by atoms with Gasteiger partial charge in [0.25, 0.3) is 0 Å². The van der Waals surface area contributed by atoms with Crippen LogP contribution in [0.15, 0.2) is 0 Å². The van der Waals surface area contributed by atoms with Gasteiger partial charge in [-0.25, -0.2) is 0 Å². The van der Waals surface area contributed by atoms with E-state index in [0.717, 1.165) is 12.8 Å². The molecule has 1 fully saturated rings. The normalized spacial score (nSPS) is 18.8. The largest absolute Gasteiger partial charge is 0.480 e. The van der Waals surface area contributed by atoms with Crippen LogP contribution >= 0.6 is 0 Å². The van der Waals surface area contributed by atoms with Gasteiger partial charge in [-0.1, -0.05) is 6.42 Å². The van der Waals surface area contributed by atoms with E-state index in [4.69, 9.17) is 5.11 Å². The number of carboxylic acids is 1. The van der Waals surface area contributed by atoms with E-state index in [1.165, 1.54) is 13.3 Å². The average Bonchev–Trinajstić information content (AvgIpc) is 1.96. The summed E-state index contributed by atoms with van der Waals surface area (Å²) >= 11 is 0. The molecule has 0 aromatic heterocycles. The van der Waals surface area contributed by atoms with E-state index in [0.29, 0.717) is 12.3 Å². The van der Waals surface area contributed by atoms with Crippen LogP contribution in [0.1, 0.15) is 32.6 Å². The van der Waals surface area contributed by atoms with E-state index >= 15 is 0 Å². The molecule has 4 heteroatoms. The van der Waals surface area contributed by atoms with Crippen molar-refractivity contribution < 1.29 is 14.7 Å². The van der Waals surface area contributed by atoms with Crippen molar-refractivity contribution in [3.8, 4) is 0 Å². The summed E-state index contributed by atoms with van der Waals surface area (Å²) in [6.07, 6.45) is 3.90. The van der Waals surface area contributed by atoms with Gasteiger partial charge in [0.05, 0.1) is 0 Å². The highest BCUT2D eigenvalue weighted by molar-refractivity contribution is 5.83. The number of hydrogen-bond acceptors (Lipinski definition) is 2. The van der Waals surface area contributed by atoms with Crippen molar-refractivity contribution in [1.82, 2.24) is 5.32 Å². The van der Waals surface area contributed by atoms with Gasteiger partial charge >= 0.3 is 5.97 Å². The van der Waals surface area contributed by atoms with Crippen LogP contribution in [0, 0.1) is 5.92 Å². The number of carbonyl (C=O) groups excluding carboxylic acids is 1. The highest BCUT2D eigenvalue weighted by Crippen LogP contribution is 2.29. The molecule has 2 N–H and O–H groups in total. The number of nitrogens with one attached hydrogen (secondary N) is 1. The molecule has 74 valence electrons. The standard InChI is InChI=1S/C9H15NO3/c1-6(9(12)13)10-8(11)5-7-3-2-4-7/h6-7H,2-5H2,1H3,(H,10,11)(H,12,13). The average molecular weight is 185 g/mol. The molecule has 0 aromatic carbocycles. The first-order valence-electron chi connectivity index (χ1n) is 4.61. The maximum atomic E-state index is 11.2. The first-order valence-corrected chi connectivity index (χ1v) is 4.61. The maximum absolute atomic E-state index is 11.2. The van der Waals surface area contributed by atoms with Crippen molar-refractivity contribution in [3.05, 3.63) is 0 Å². The number of carboxylic acid groups (broad SMARTS) is 1. The quantitative estimate of drug-likeness (QED) is 0.679. The number of amides is 1. The first kappa shape index (κ1) is 10.0. The van der Waals surface area contributed by atoms with Crippen molar-refractivity contribution in [1.29, 1.82) is 0 Å². The fourth-order valence-electron chi connectivity index (χ4n) is 1.32. The van der Waals surface area contributed by atoms with E-state index in [-0.39, 0.29) is 5.91 Å². The Kier molecular flexibility index (Phi) is 3.28. The molecule has 13 heavy (non-hydrogen) atoms. The van der Waals surface area contributed by atoms with E-state index in [2.05, 4.69) is 5.32 Å². The predicted octanol–water partition coefficient (Wildman–Crippen LogP) is 0.766. The molecular formula is C9H15NO3. The summed E-state index contributed by atoms with van der Waals surface area (Å²) in [5.41, 5.74) is 0. The Hall–Kier alpha value is -1.06. The summed E-state index contributed by atoms with van der Waals surface area (Å²) < 4.78 is 0. The molecule has 1 aliphatic rings. The molecule has 1 unspecified atom stereocenters. The molecule has 0 spiro atoms. The lowest BCUT2D eigenvalue weighted by atomic mass is 9.83. The minimum Gasteiger partial charge on any atom is -0.480 e. The van der Waals surface area contributed by atoms with Gasteiger partial charge in [0, 0.05) is 6.42 Å². The Morgan fingerprint density at radius 2 is 2.15 bits per heavy atom. The van der Waals surface area contributed by atoms with Crippen LogP contribution in [0.5, 0.6) is 0 Å². The monoisotopic (exact) mass is 185 g/mol. The van der Waals surface area contributed by atoms with Crippen molar-refractivity contribution in [3.63, 3.8) is 0 Å². The lowest BCUT2D eigenvalue weighted by molar-refractivity contribution is -0.141. The van der Waals surface area contributed by atoms with Crippen LogP contribution in [-0.4, -0.2) is 23.0 Å². The SMILES string of the molecule is CC(NC(=O)CC1CCC1)C(=O)O. The van der Waals surface area contributed by atoms with Gasteiger partial charge < -0.3 is 10.4 Å². The second kappa shape index (κ2) is 4.25. The van der Waals surface area contributed by atoms with Crippen molar-refractivity contribution >= 4 is 11.9 Å². The van der Waals surface area contributed by atoms with Crippen LogP contribution in [0.2, 0.25) is 0 Å². The second-order valence-corrected chi connectivity index (χ2v) is 3.63. The van der Waals surface area contributed by atoms with Gasteiger partial charge in [-0.15, -0.1) is 0 Å². The summed E-state index contributed by atoms with van der Waals surface area (Å²) in [5, 5.41) is 11.0. The Balaban J connectivity index is 2.19. The lowest BCUT2D eigenvalue weighted by Crippen LogP contribution is -2.39. The molecule has 1 aliphatic carbocycles. The molecule has 1 amide bonds. The van der Waals surface area contributed by atoms with E-state index in [1.807, 2.05) is 0 Å². The zero-order valence-electron chi connectivity index (χ0n) is 7.75. The summed E-state index contributed by atoms with van der Waals surface area (Å²) in [6, 6.07) is -0.771. The van der Waals surface area contributed by atoms with Crippen molar-refractivity contribution in [2.24, 2.45) is 5.92 Å². The molecule has 0 radical (unpaired) electrons. The fourth-order valence-corrected chi connectivity index (χ4v) is 1.32. The number of rotatable bonds is 4. The zero-order valence-corrected chi connectivity index (χ0v) is 7.75. The molecule has 0 saturated heterocycles. The van der Waals surface area contributed by atoms with E-state index in [9.17, 15) is 9.59 Å². The topological polar surface area (TPSA) is 66.4 Å². The molecular weight excluding hydrogens is 170 g/mol. The molecule has 0 bridgehead atoms. The lowest BCUT2D eigenvalue weighted by Gasteiger charge is -2.24. The molecule has 1 atom stereocenters. The Morgan fingerprint density at radius 3 is 2.54 bits per heavy atom. The third-order valence-corrected chi connectivity index (χ3v) is 2.45. The molecule has 0 aromatic rings. The van der Waals surface area contributed by atoms with E-state index < -0.39 is 12.0 Å². The van der Waals surface area contributed by atoms with Crippen LogP contribution in [0.25, 0.3) is 0 Å². The van der Waals surface area contributed by atoms with Crippen molar-refractivity contribution in [2.45, 2.75) is 38.6 Å². The number of aliphatic carboxylic acids is 1. The van der Waals surface area contributed by atoms with Gasteiger partial charge in [0.1, 0.15) is 6.04 Å². The second-order valence-electron chi connectivity index (χ2n) is 3.63. The smallest absolute Gasteiger partial charge is 0.325 e. The highest BCUT2D eigenvalue weighted by Gasteiger charge is 2.22. The number of hydrogen-bond donors (Lipinski definition) is 2. The molecule has 1 rings (SSSR count). The fraction of sp³-hybridized carbons (Fsp3) is 0.778. The van der Waals surface area contributed by atoms with E-state index in [1.54, 1.807) is 0 Å². The molecule has 1 saturated carbocycles. The maximum Gasteiger partial charge on any atom is 0.325 e.